The van der Waals surface area contributed by atoms with E-state index in [0.29, 0.717) is 0 Å². The molecule has 2 rings (SSSR count). The van der Waals surface area contributed by atoms with Crippen molar-refractivity contribution in [1.82, 2.24) is 10.2 Å². The number of fused-ring (bicyclic) bond motifs is 1. The average molecular weight is 408 g/mol. The maximum atomic E-state index is 13.0. The number of hydrogen-bond acceptors (Lipinski definition) is 4. The van der Waals surface area contributed by atoms with Gasteiger partial charge in [0.1, 0.15) is 12.1 Å². The number of carbonyl (C=O) groups is 3. The molecule has 0 aromatic rings. The highest BCUT2D eigenvalue weighted by Crippen LogP contribution is 2.64. The lowest BCUT2D eigenvalue weighted by Gasteiger charge is -2.35. The molecule has 1 saturated heterocycles. The number of aliphatic carboxylic acids is 1. The number of carboxylic acids is 1. The van der Waals surface area contributed by atoms with Crippen LogP contribution in [-0.4, -0.2) is 64.3 Å². The largest absolute Gasteiger partial charge is 0.480 e. The zero-order valence-electron chi connectivity index (χ0n) is 16.8. The van der Waals surface area contributed by atoms with Gasteiger partial charge in [0.15, 0.2) is 0 Å². The van der Waals surface area contributed by atoms with Gasteiger partial charge < -0.3 is 20.1 Å². The molecule has 5 atom stereocenters. The van der Waals surface area contributed by atoms with Gasteiger partial charge in [-0.05, 0) is 39.0 Å². The van der Waals surface area contributed by atoms with Crippen molar-refractivity contribution in [2.75, 3.05) is 6.54 Å². The van der Waals surface area contributed by atoms with Crippen LogP contribution in [0.25, 0.3) is 0 Å². The van der Waals surface area contributed by atoms with Crippen LogP contribution in [-0.2, 0) is 19.1 Å². The van der Waals surface area contributed by atoms with Gasteiger partial charge in [-0.1, -0.05) is 13.8 Å². The number of nitrogens with one attached hydrogen (secondary N) is 1. The Morgan fingerprint density at radius 1 is 1.21 bits per heavy atom. The molecular formula is C18H27F3N2O5. The zero-order chi connectivity index (χ0) is 21.8. The Kier molecular flexibility index (Phi) is 5.53. The maximum absolute atomic E-state index is 13.0. The van der Waals surface area contributed by atoms with E-state index in [1.807, 2.05) is 13.8 Å². The van der Waals surface area contributed by atoms with E-state index in [2.05, 4.69) is 0 Å². The fourth-order valence-corrected chi connectivity index (χ4v) is 4.20. The molecule has 2 fully saturated rings. The minimum atomic E-state index is -5.18. The van der Waals surface area contributed by atoms with Crippen molar-refractivity contribution in [3.05, 3.63) is 0 Å². The molecule has 0 bridgehead atoms. The molecule has 1 aliphatic heterocycles. The Morgan fingerprint density at radius 2 is 1.75 bits per heavy atom. The molecule has 28 heavy (non-hydrogen) atoms. The number of carbonyl (C=O) groups excluding carboxylic acids is 2. The summed E-state index contributed by atoms with van der Waals surface area (Å²) in [6.45, 7) is 10.3. The number of likely N-dealkylation sites (tertiary alicyclic amines) is 1. The standard InChI is InChI=1S/C18H27F3N2O5/c1-8(28-16(2,3)4)11(22-15(27)18(19,20)21)13(24)23-7-9-10(17(9,5)6)12(23)14(25)26/h8-12H,7H2,1-6H3,(H,22,27)(H,25,26)/t8-,9+,10+,11+,12+/m1/s1. The number of ether oxygens (including phenoxy) is 1. The van der Waals surface area contributed by atoms with Crippen molar-refractivity contribution in [3.8, 4) is 0 Å². The summed E-state index contributed by atoms with van der Waals surface area (Å²) in [4.78, 5) is 37.3. The molecule has 1 aliphatic carbocycles. The minimum Gasteiger partial charge on any atom is -0.480 e. The first-order chi connectivity index (χ1) is 12.5. The fraction of sp³-hybridized carbons (Fsp3) is 0.833. The lowest BCUT2D eigenvalue weighted by Crippen LogP contribution is -2.60. The van der Waals surface area contributed by atoms with Crippen molar-refractivity contribution >= 4 is 17.8 Å². The molecule has 0 aromatic heterocycles. The molecular weight excluding hydrogens is 381 g/mol. The third kappa shape index (κ3) is 4.26. The van der Waals surface area contributed by atoms with E-state index in [9.17, 15) is 32.7 Å². The number of nitrogens with zero attached hydrogens (tertiary/aromatic N) is 1. The second-order valence-corrected chi connectivity index (χ2v) is 9.11. The van der Waals surface area contributed by atoms with Crippen LogP contribution in [0.15, 0.2) is 0 Å². The summed E-state index contributed by atoms with van der Waals surface area (Å²) in [6.07, 6.45) is -6.28. The SMILES string of the molecule is C[C@@H](OC(C)(C)C)[C@H](NC(=O)C(F)(F)F)C(=O)N1C[C@H]2[C@@H]([C@H]1C(=O)O)C2(C)C. The monoisotopic (exact) mass is 408 g/mol. The highest BCUT2D eigenvalue weighted by atomic mass is 19.4. The summed E-state index contributed by atoms with van der Waals surface area (Å²) in [5.74, 6) is -4.68. The summed E-state index contributed by atoms with van der Waals surface area (Å²) in [5.41, 5.74) is -1.04. The zero-order valence-corrected chi connectivity index (χ0v) is 16.8. The Labute approximate surface area is 161 Å². The first-order valence-electron chi connectivity index (χ1n) is 9.07. The van der Waals surface area contributed by atoms with E-state index >= 15 is 0 Å². The molecule has 7 nitrogen and oxygen atoms in total. The molecule has 160 valence electrons. The van der Waals surface area contributed by atoms with Gasteiger partial charge in [-0.2, -0.15) is 13.2 Å². The van der Waals surface area contributed by atoms with E-state index in [0.717, 1.165) is 4.90 Å². The quantitative estimate of drug-likeness (QED) is 0.723. The van der Waals surface area contributed by atoms with Gasteiger partial charge in [0.2, 0.25) is 5.91 Å². The topological polar surface area (TPSA) is 95.9 Å². The van der Waals surface area contributed by atoms with Crippen LogP contribution in [0.1, 0.15) is 41.5 Å². The van der Waals surface area contributed by atoms with Gasteiger partial charge in [-0.25, -0.2) is 4.79 Å². The Morgan fingerprint density at radius 3 is 2.18 bits per heavy atom. The van der Waals surface area contributed by atoms with Crippen LogP contribution in [0.2, 0.25) is 0 Å². The first-order valence-corrected chi connectivity index (χ1v) is 9.07. The number of halogens is 3. The Hall–Kier alpha value is -1.84. The van der Waals surface area contributed by atoms with Crippen LogP contribution < -0.4 is 5.32 Å². The van der Waals surface area contributed by atoms with E-state index in [4.69, 9.17) is 4.74 Å². The highest BCUT2D eigenvalue weighted by Gasteiger charge is 2.70. The van der Waals surface area contributed by atoms with Gasteiger partial charge in [-0.3, -0.25) is 9.59 Å². The lowest BCUT2D eigenvalue weighted by molar-refractivity contribution is -0.178. The normalized spacial score (nSPS) is 28.3. The third-order valence-electron chi connectivity index (χ3n) is 5.56. The predicted molar refractivity (Wildman–Crippen MR) is 92.2 cm³/mol. The predicted octanol–water partition coefficient (Wildman–Crippen LogP) is 1.80. The van der Waals surface area contributed by atoms with E-state index in [1.54, 1.807) is 26.1 Å². The summed E-state index contributed by atoms with van der Waals surface area (Å²) in [6, 6.07) is -2.80. The van der Waals surface area contributed by atoms with Crippen LogP contribution in [0.3, 0.4) is 0 Å². The number of carboxylic acid groups (broad SMARTS) is 1. The summed E-state index contributed by atoms with van der Waals surface area (Å²) in [7, 11) is 0. The minimum absolute atomic E-state index is 0.0460. The molecule has 1 heterocycles. The maximum Gasteiger partial charge on any atom is 0.471 e. The molecule has 0 radical (unpaired) electrons. The van der Waals surface area contributed by atoms with Crippen molar-refractivity contribution in [1.29, 1.82) is 0 Å². The molecule has 10 heteroatoms. The van der Waals surface area contributed by atoms with E-state index < -0.39 is 47.7 Å². The second-order valence-electron chi connectivity index (χ2n) is 9.11. The second kappa shape index (κ2) is 6.89. The Bertz CT molecular complexity index is 671. The summed E-state index contributed by atoms with van der Waals surface area (Å²) in [5, 5.41) is 11.3. The number of piperidine rings is 1. The van der Waals surface area contributed by atoms with Gasteiger partial charge in [0.05, 0.1) is 11.7 Å². The lowest BCUT2D eigenvalue weighted by atomic mass is 9.99. The summed E-state index contributed by atoms with van der Waals surface area (Å²) >= 11 is 0. The number of alkyl halides is 3. The van der Waals surface area contributed by atoms with Crippen LogP contribution in [0.4, 0.5) is 13.2 Å². The molecule has 2 amide bonds. The van der Waals surface area contributed by atoms with Crippen molar-refractivity contribution in [3.63, 3.8) is 0 Å². The van der Waals surface area contributed by atoms with Crippen molar-refractivity contribution < 1.29 is 37.4 Å². The van der Waals surface area contributed by atoms with Crippen LogP contribution in [0, 0.1) is 17.3 Å². The number of rotatable bonds is 5. The third-order valence-corrected chi connectivity index (χ3v) is 5.56. The average Bonchev–Trinajstić information content (AvgIpc) is 2.87. The van der Waals surface area contributed by atoms with E-state index in [-0.39, 0.29) is 23.8 Å². The molecule has 2 N–H and O–H groups in total. The molecule has 1 saturated carbocycles. The molecule has 0 aromatic carbocycles. The van der Waals surface area contributed by atoms with Crippen LogP contribution in [0.5, 0.6) is 0 Å². The fourth-order valence-electron chi connectivity index (χ4n) is 4.20. The van der Waals surface area contributed by atoms with Gasteiger partial charge in [-0.15, -0.1) is 0 Å². The number of hydrogen-bond donors (Lipinski definition) is 2. The number of amides is 2. The van der Waals surface area contributed by atoms with Crippen molar-refractivity contribution in [2.45, 2.75) is 71.5 Å². The van der Waals surface area contributed by atoms with Crippen molar-refractivity contribution in [2.24, 2.45) is 17.3 Å². The summed E-state index contributed by atoms with van der Waals surface area (Å²) < 4.78 is 43.9. The molecule has 0 unspecified atom stereocenters. The first kappa shape index (κ1) is 22.4. The van der Waals surface area contributed by atoms with Crippen LogP contribution >= 0.6 is 0 Å². The molecule has 0 spiro atoms. The highest BCUT2D eigenvalue weighted by molar-refractivity contribution is 5.93. The van der Waals surface area contributed by atoms with Gasteiger partial charge >= 0.3 is 18.1 Å². The Balaban J connectivity index is 2.28. The molecule has 2 aliphatic rings. The van der Waals surface area contributed by atoms with Gasteiger partial charge in [0, 0.05) is 12.5 Å². The van der Waals surface area contributed by atoms with E-state index in [1.165, 1.54) is 6.92 Å². The van der Waals surface area contributed by atoms with Gasteiger partial charge in [0.25, 0.3) is 0 Å². The smallest absolute Gasteiger partial charge is 0.471 e.